The Kier molecular flexibility index (Phi) is 7.85. The van der Waals surface area contributed by atoms with Gasteiger partial charge in [-0.05, 0) is 54.6 Å². The number of carbonyl (C=O) groups excluding carboxylic acids is 1. The Morgan fingerprint density at radius 3 is 2.53 bits per heavy atom. The maximum Gasteiger partial charge on any atom is 0.271 e. The van der Waals surface area contributed by atoms with Crippen LogP contribution in [0.25, 0.3) is 10.9 Å². The average molecular weight is 552 g/mol. The molecule has 0 radical (unpaired) electrons. The Labute approximate surface area is 230 Å². The third-order valence-electron chi connectivity index (χ3n) is 6.71. The fraction of sp³-hybridized carbons (Fsp3) is 0.214. The van der Waals surface area contributed by atoms with Gasteiger partial charge in [0, 0.05) is 65.1 Å². The van der Waals surface area contributed by atoms with Gasteiger partial charge in [0.05, 0.1) is 17.8 Å². The fourth-order valence-corrected chi connectivity index (χ4v) is 4.92. The third kappa shape index (κ3) is 5.79. The van der Waals surface area contributed by atoms with Crippen LogP contribution in [-0.2, 0) is 6.54 Å². The number of aromatic nitrogens is 1. The molecule has 2 heterocycles. The van der Waals surface area contributed by atoms with Gasteiger partial charge in [-0.15, -0.1) is 0 Å². The maximum atomic E-state index is 12.3. The van der Waals surface area contributed by atoms with E-state index in [9.17, 15) is 15.0 Å². The summed E-state index contributed by atoms with van der Waals surface area (Å²) in [5, 5.41) is 26.4. The largest absolute Gasteiger partial charge is 0.506 e. The Bertz CT molecular complexity index is 1460. The molecule has 0 bridgehead atoms. The summed E-state index contributed by atoms with van der Waals surface area (Å²) in [4.78, 5) is 16.7. The van der Waals surface area contributed by atoms with Crippen molar-refractivity contribution in [1.82, 2.24) is 14.9 Å². The first-order valence-electron chi connectivity index (χ1n) is 12.2. The normalized spacial score (nSPS) is 15.3. The number of aliphatic hydroxyl groups is 1. The first-order valence-corrected chi connectivity index (χ1v) is 13.0. The highest BCUT2D eigenvalue weighted by Crippen LogP contribution is 2.24. The second-order valence-electron chi connectivity index (χ2n) is 9.09. The molecule has 0 spiro atoms. The molecule has 38 heavy (non-hydrogen) atoms. The van der Waals surface area contributed by atoms with Crippen molar-refractivity contribution in [2.45, 2.75) is 12.8 Å². The summed E-state index contributed by atoms with van der Waals surface area (Å²) in [7, 11) is 0. The molecule has 1 atom stereocenters. The van der Waals surface area contributed by atoms with Gasteiger partial charge in [0.1, 0.15) is 12.0 Å². The molecular weight excluding hydrogens is 525 g/mol. The summed E-state index contributed by atoms with van der Waals surface area (Å²) >= 11 is 11.9. The Hall–Kier alpha value is -3.56. The van der Waals surface area contributed by atoms with E-state index in [2.05, 4.69) is 20.3 Å². The summed E-state index contributed by atoms with van der Waals surface area (Å²) < 4.78 is 2.03. The fourth-order valence-electron chi connectivity index (χ4n) is 4.61. The van der Waals surface area contributed by atoms with Crippen LogP contribution in [0.4, 0.5) is 5.69 Å². The monoisotopic (exact) mass is 551 g/mol. The SMILES string of the molecule is O=C(N/N=C/c1cccc2c1ccn2CC(O)N1CCN(c2ccc(Cl)cc2)CC1)c1ccc(O)c(Cl)c1. The number of fused-ring (bicyclic) bond motifs is 1. The van der Waals surface area contributed by atoms with Crippen molar-refractivity contribution in [3.8, 4) is 5.75 Å². The van der Waals surface area contributed by atoms with Crippen LogP contribution in [0.15, 0.2) is 78.0 Å². The van der Waals surface area contributed by atoms with Crippen LogP contribution in [0.2, 0.25) is 10.0 Å². The molecule has 10 heteroatoms. The minimum atomic E-state index is -0.619. The topological polar surface area (TPSA) is 93.3 Å². The van der Waals surface area contributed by atoms with E-state index in [0.29, 0.717) is 6.54 Å². The van der Waals surface area contributed by atoms with E-state index in [1.54, 1.807) is 6.21 Å². The Morgan fingerprint density at radius 2 is 1.79 bits per heavy atom. The number of amides is 1. The van der Waals surface area contributed by atoms with Gasteiger partial charge >= 0.3 is 0 Å². The first-order chi connectivity index (χ1) is 18.4. The minimum absolute atomic E-state index is 0.0896. The molecule has 8 nitrogen and oxygen atoms in total. The molecule has 1 aliphatic heterocycles. The highest BCUT2D eigenvalue weighted by Gasteiger charge is 2.23. The van der Waals surface area contributed by atoms with Gasteiger partial charge in [-0.1, -0.05) is 35.3 Å². The number of aromatic hydroxyl groups is 1. The smallest absolute Gasteiger partial charge is 0.271 e. The number of phenols is 1. The predicted molar refractivity (Wildman–Crippen MR) is 151 cm³/mol. The molecule has 1 unspecified atom stereocenters. The zero-order valence-electron chi connectivity index (χ0n) is 20.5. The highest BCUT2D eigenvalue weighted by molar-refractivity contribution is 6.32. The molecule has 196 valence electrons. The minimum Gasteiger partial charge on any atom is -0.506 e. The number of benzene rings is 3. The number of anilines is 1. The first kappa shape index (κ1) is 26.1. The summed E-state index contributed by atoms with van der Waals surface area (Å²) in [6.07, 6.45) is 2.91. The summed E-state index contributed by atoms with van der Waals surface area (Å²) in [5.41, 5.74) is 5.70. The van der Waals surface area contributed by atoms with Gasteiger partial charge in [-0.25, -0.2) is 5.43 Å². The van der Waals surface area contributed by atoms with Crippen LogP contribution in [0.3, 0.4) is 0 Å². The van der Waals surface area contributed by atoms with Crippen molar-refractivity contribution >= 4 is 51.9 Å². The van der Waals surface area contributed by atoms with E-state index >= 15 is 0 Å². The molecule has 4 aromatic rings. The number of carbonyl (C=O) groups is 1. The number of aliphatic hydroxyl groups excluding tert-OH is 1. The van der Waals surface area contributed by atoms with E-state index in [1.165, 1.54) is 18.2 Å². The zero-order chi connectivity index (χ0) is 26.6. The van der Waals surface area contributed by atoms with Gasteiger partial charge in [0.25, 0.3) is 5.91 Å². The van der Waals surface area contributed by atoms with Crippen LogP contribution in [0.5, 0.6) is 5.75 Å². The lowest BCUT2D eigenvalue weighted by Crippen LogP contribution is -2.51. The molecule has 3 N–H and O–H groups in total. The number of rotatable bonds is 7. The molecule has 1 amide bonds. The van der Waals surface area contributed by atoms with Crippen LogP contribution < -0.4 is 10.3 Å². The van der Waals surface area contributed by atoms with Crippen LogP contribution >= 0.6 is 23.2 Å². The molecule has 1 aliphatic rings. The summed E-state index contributed by atoms with van der Waals surface area (Å²) in [6.45, 7) is 3.60. The zero-order valence-corrected chi connectivity index (χ0v) is 22.0. The molecule has 5 rings (SSSR count). The quantitative estimate of drug-likeness (QED) is 0.231. The molecule has 0 aliphatic carbocycles. The average Bonchev–Trinajstić information content (AvgIpc) is 3.34. The van der Waals surface area contributed by atoms with E-state index in [0.717, 1.165) is 53.4 Å². The second kappa shape index (κ2) is 11.4. The van der Waals surface area contributed by atoms with Crippen molar-refractivity contribution in [1.29, 1.82) is 0 Å². The number of hydrazone groups is 1. The Morgan fingerprint density at radius 1 is 1.03 bits per heavy atom. The lowest BCUT2D eigenvalue weighted by Gasteiger charge is -2.38. The van der Waals surface area contributed by atoms with Gasteiger partial charge in [0.2, 0.25) is 0 Å². The molecule has 1 fully saturated rings. The van der Waals surface area contributed by atoms with Gasteiger partial charge < -0.3 is 19.7 Å². The number of nitrogens with one attached hydrogen (secondary N) is 1. The van der Waals surface area contributed by atoms with Crippen LogP contribution in [0.1, 0.15) is 15.9 Å². The van der Waals surface area contributed by atoms with Gasteiger partial charge in [0.15, 0.2) is 0 Å². The Balaban J connectivity index is 1.21. The molecule has 0 saturated carbocycles. The van der Waals surface area contributed by atoms with Crippen LogP contribution in [0, 0.1) is 0 Å². The van der Waals surface area contributed by atoms with Crippen molar-refractivity contribution < 1.29 is 15.0 Å². The molecular formula is C28H27Cl2N5O3. The van der Waals surface area contributed by atoms with E-state index in [1.807, 2.05) is 59.3 Å². The van der Waals surface area contributed by atoms with E-state index in [4.69, 9.17) is 23.2 Å². The van der Waals surface area contributed by atoms with Crippen LogP contribution in [-0.4, -0.2) is 64.2 Å². The number of phenolic OH excluding ortho intramolecular Hbond substituents is 1. The van der Waals surface area contributed by atoms with Gasteiger partial charge in [-0.3, -0.25) is 9.69 Å². The number of hydrogen-bond donors (Lipinski definition) is 3. The number of hydrogen-bond acceptors (Lipinski definition) is 6. The lowest BCUT2D eigenvalue weighted by molar-refractivity contribution is -0.0108. The molecule has 1 aromatic heterocycles. The summed E-state index contributed by atoms with van der Waals surface area (Å²) in [6, 6.07) is 19.8. The molecule has 3 aromatic carbocycles. The number of halogens is 2. The van der Waals surface area contributed by atoms with Crippen molar-refractivity contribution in [3.63, 3.8) is 0 Å². The van der Waals surface area contributed by atoms with Crippen molar-refractivity contribution in [2.24, 2.45) is 5.10 Å². The lowest BCUT2D eigenvalue weighted by atomic mass is 10.1. The molecule has 1 saturated heterocycles. The highest BCUT2D eigenvalue weighted by atomic mass is 35.5. The van der Waals surface area contributed by atoms with E-state index in [-0.39, 0.29) is 16.3 Å². The second-order valence-corrected chi connectivity index (χ2v) is 9.94. The predicted octanol–water partition coefficient (Wildman–Crippen LogP) is 4.56. The van der Waals surface area contributed by atoms with E-state index < -0.39 is 12.1 Å². The maximum absolute atomic E-state index is 12.3. The number of piperazine rings is 1. The third-order valence-corrected chi connectivity index (χ3v) is 7.27. The number of nitrogens with zero attached hydrogens (tertiary/aromatic N) is 4. The summed E-state index contributed by atoms with van der Waals surface area (Å²) in [5.74, 6) is -0.527. The van der Waals surface area contributed by atoms with Crippen molar-refractivity contribution in [3.05, 3.63) is 94.1 Å². The standard InChI is InChI=1S/C28H27Cl2N5O3/c29-21-5-7-22(8-6-21)33-12-14-34(15-13-33)27(37)18-35-11-10-23-20(2-1-3-25(23)35)17-31-32-28(38)19-4-9-26(36)24(30)16-19/h1-11,16-17,27,36-37H,12-15,18H2,(H,32,38)/b31-17+. The van der Waals surface area contributed by atoms with Gasteiger partial charge in [-0.2, -0.15) is 5.10 Å². The van der Waals surface area contributed by atoms with Crippen molar-refractivity contribution in [2.75, 3.05) is 31.1 Å².